The van der Waals surface area contributed by atoms with Crippen LogP contribution in [0, 0.1) is 0 Å². The van der Waals surface area contributed by atoms with Gasteiger partial charge in [-0.2, -0.15) is 0 Å². The maximum Gasteiger partial charge on any atom is 0.217 e. The molecule has 1 amide bonds. The van der Waals surface area contributed by atoms with E-state index in [1.807, 2.05) is 23.6 Å². The van der Waals surface area contributed by atoms with E-state index in [1.54, 1.807) is 6.20 Å². The summed E-state index contributed by atoms with van der Waals surface area (Å²) < 4.78 is 1.26. The van der Waals surface area contributed by atoms with Gasteiger partial charge >= 0.3 is 0 Å². The average Bonchev–Trinajstić information content (AvgIpc) is 3.14. The maximum atomic E-state index is 10.7. The van der Waals surface area contributed by atoms with Crippen molar-refractivity contribution in [3.05, 3.63) is 47.7 Å². The fraction of sp³-hybridized carbons (Fsp3) is 0.458. The van der Waals surface area contributed by atoms with Crippen molar-refractivity contribution in [2.24, 2.45) is 5.73 Å². The number of carbonyl (C=O) groups is 1. The van der Waals surface area contributed by atoms with Crippen LogP contribution in [0.15, 0.2) is 42.7 Å². The largest absolute Gasteiger partial charge is 0.370 e. The van der Waals surface area contributed by atoms with Gasteiger partial charge in [-0.1, -0.05) is 57.1 Å². The number of carbonyl (C=O) groups excluding carboxylic acids is 1. The standard InChI is InChI=1S/C24H31N3OS/c25-23(28)12-8-6-4-2-1-3-5-7-9-13-24-27-21-15-14-19(17-22(21)29-24)20-11-10-16-26-18-20/h10-11,14-18H,1-9,12-13H2,(H2,25,28). The summed E-state index contributed by atoms with van der Waals surface area (Å²) in [6, 6.07) is 10.6. The first-order valence-electron chi connectivity index (χ1n) is 10.8. The molecule has 154 valence electrons. The molecule has 0 fully saturated rings. The van der Waals surface area contributed by atoms with Gasteiger partial charge in [-0.05, 0) is 43.0 Å². The SMILES string of the molecule is NC(=O)CCCCCCCCCCCc1nc2ccc(-c3cccnc3)cc2s1. The van der Waals surface area contributed by atoms with Crippen LogP contribution in [0.25, 0.3) is 21.3 Å². The molecule has 0 aliphatic carbocycles. The third-order valence-corrected chi connectivity index (χ3v) is 6.32. The van der Waals surface area contributed by atoms with E-state index < -0.39 is 0 Å². The predicted molar refractivity (Wildman–Crippen MR) is 122 cm³/mol. The van der Waals surface area contributed by atoms with E-state index >= 15 is 0 Å². The van der Waals surface area contributed by atoms with Crippen molar-refractivity contribution < 1.29 is 4.79 Å². The molecule has 0 atom stereocenters. The number of thiazole rings is 1. The van der Waals surface area contributed by atoms with Crippen LogP contribution in [-0.4, -0.2) is 15.9 Å². The average molecular weight is 410 g/mol. The Morgan fingerprint density at radius 3 is 2.31 bits per heavy atom. The molecule has 0 spiro atoms. The molecule has 0 unspecified atom stereocenters. The van der Waals surface area contributed by atoms with Gasteiger partial charge in [0.15, 0.2) is 0 Å². The van der Waals surface area contributed by atoms with Crippen molar-refractivity contribution in [3.8, 4) is 11.1 Å². The predicted octanol–water partition coefficient (Wildman–Crippen LogP) is 6.29. The van der Waals surface area contributed by atoms with Crippen LogP contribution in [0.2, 0.25) is 0 Å². The number of rotatable bonds is 13. The minimum Gasteiger partial charge on any atom is -0.370 e. The number of amides is 1. The number of nitrogens with two attached hydrogens (primary N) is 1. The van der Waals surface area contributed by atoms with Gasteiger partial charge in [0.25, 0.3) is 0 Å². The summed E-state index contributed by atoms with van der Waals surface area (Å²) in [6.07, 6.45) is 16.3. The summed E-state index contributed by atoms with van der Waals surface area (Å²) in [6.45, 7) is 0. The Kier molecular flexibility index (Phi) is 8.62. The smallest absolute Gasteiger partial charge is 0.217 e. The molecule has 4 nitrogen and oxygen atoms in total. The second-order valence-corrected chi connectivity index (χ2v) is 8.80. The molecule has 3 aromatic rings. The van der Waals surface area contributed by atoms with E-state index in [0.717, 1.165) is 30.3 Å². The number of aromatic nitrogens is 2. The first-order valence-corrected chi connectivity index (χ1v) is 11.6. The van der Waals surface area contributed by atoms with Crippen molar-refractivity contribution in [1.82, 2.24) is 9.97 Å². The fourth-order valence-electron chi connectivity index (χ4n) is 3.61. The Morgan fingerprint density at radius 1 is 0.897 bits per heavy atom. The van der Waals surface area contributed by atoms with E-state index in [9.17, 15) is 4.79 Å². The van der Waals surface area contributed by atoms with Crippen LogP contribution in [0.3, 0.4) is 0 Å². The second-order valence-electron chi connectivity index (χ2n) is 7.68. The van der Waals surface area contributed by atoms with Gasteiger partial charge in [0.2, 0.25) is 5.91 Å². The summed E-state index contributed by atoms with van der Waals surface area (Å²) >= 11 is 1.82. The van der Waals surface area contributed by atoms with E-state index in [-0.39, 0.29) is 5.91 Å². The Balaban J connectivity index is 1.32. The third-order valence-electron chi connectivity index (χ3n) is 5.24. The zero-order chi connectivity index (χ0) is 20.3. The molecule has 3 rings (SSSR count). The summed E-state index contributed by atoms with van der Waals surface area (Å²) in [7, 11) is 0. The summed E-state index contributed by atoms with van der Waals surface area (Å²) in [5.74, 6) is -0.174. The first-order chi connectivity index (χ1) is 14.2. The lowest BCUT2D eigenvalue weighted by Gasteiger charge is -2.01. The Hall–Kier alpha value is -2.27. The number of pyridine rings is 1. The maximum absolute atomic E-state index is 10.7. The minimum absolute atomic E-state index is 0.174. The molecule has 0 saturated carbocycles. The summed E-state index contributed by atoms with van der Waals surface area (Å²) in [4.78, 5) is 19.7. The first kappa shape index (κ1) is 21.4. The quantitative estimate of drug-likeness (QED) is 0.337. The number of primary amides is 1. The number of hydrogen-bond acceptors (Lipinski definition) is 4. The van der Waals surface area contributed by atoms with Crippen LogP contribution >= 0.6 is 11.3 Å². The molecule has 0 aliphatic rings. The molecule has 0 bridgehead atoms. The highest BCUT2D eigenvalue weighted by Gasteiger charge is 2.06. The summed E-state index contributed by atoms with van der Waals surface area (Å²) in [5.41, 5.74) is 8.61. The molecule has 2 aromatic heterocycles. The molecule has 0 aliphatic heterocycles. The van der Waals surface area contributed by atoms with Gasteiger partial charge < -0.3 is 5.73 Å². The van der Waals surface area contributed by atoms with Crippen LogP contribution in [0.4, 0.5) is 0 Å². The lowest BCUT2D eigenvalue weighted by molar-refractivity contribution is -0.118. The molecule has 0 radical (unpaired) electrons. The molecule has 1 aromatic carbocycles. The van der Waals surface area contributed by atoms with Gasteiger partial charge in [0, 0.05) is 24.4 Å². The second kappa shape index (κ2) is 11.7. The molecule has 5 heteroatoms. The van der Waals surface area contributed by atoms with Crippen molar-refractivity contribution in [2.75, 3.05) is 0 Å². The van der Waals surface area contributed by atoms with Crippen LogP contribution < -0.4 is 5.73 Å². The van der Waals surface area contributed by atoms with E-state index in [1.165, 1.54) is 60.2 Å². The molecule has 0 saturated heterocycles. The van der Waals surface area contributed by atoms with Crippen LogP contribution in [0.1, 0.15) is 69.2 Å². The highest BCUT2D eigenvalue weighted by Crippen LogP contribution is 2.28. The van der Waals surface area contributed by atoms with Crippen LogP contribution in [0.5, 0.6) is 0 Å². The fourth-order valence-corrected chi connectivity index (χ4v) is 4.65. The normalized spacial score (nSPS) is 11.2. The Morgan fingerprint density at radius 2 is 1.62 bits per heavy atom. The van der Waals surface area contributed by atoms with Crippen molar-refractivity contribution in [2.45, 2.75) is 70.6 Å². The monoisotopic (exact) mass is 409 g/mol. The lowest BCUT2D eigenvalue weighted by Crippen LogP contribution is -2.09. The molecule has 29 heavy (non-hydrogen) atoms. The number of nitrogens with zero attached hydrogens (tertiary/aromatic N) is 2. The van der Waals surface area contributed by atoms with Gasteiger partial charge in [-0.15, -0.1) is 11.3 Å². The number of fused-ring (bicyclic) bond motifs is 1. The van der Waals surface area contributed by atoms with Crippen molar-refractivity contribution >= 4 is 27.5 Å². The lowest BCUT2D eigenvalue weighted by atomic mass is 10.1. The van der Waals surface area contributed by atoms with E-state index in [0.29, 0.717) is 6.42 Å². The Labute approximate surface area is 177 Å². The zero-order valence-corrected chi connectivity index (χ0v) is 17.9. The van der Waals surface area contributed by atoms with Gasteiger partial charge in [-0.3, -0.25) is 9.78 Å². The van der Waals surface area contributed by atoms with Gasteiger partial charge in [0.1, 0.15) is 0 Å². The highest BCUT2D eigenvalue weighted by molar-refractivity contribution is 7.18. The molecule has 2 heterocycles. The zero-order valence-electron chi connectivity index (χ0n) is 17.1. The minimum atomic E-state index is -0.174. The van der Waals surface area contributed by atoms with Gasteiger partial charge in [0.05, 0.1) is 15.2 Å². The number of unbranched alkanes of at least 4 members (excludes halogenated alkanes) is 8. The third kappa shape index (κ3) is 7.24. The van der Waals surface area contributed by atoms with Crippen LogP contribution in [-0.2, 0) is 11.2 Å². The van der Waals surface area contributed by atoms with Crippen molar-refractivity contribution in [3.63, 3.8) is 0 Å². The molecular weight excluding hydrogens is 378 g/mol. The number of aryl methyl sites for hydroxylation is 1. The van der Waals surface area contributed by atoms with E-state index in [2.05, 4.69) is 29.2 Å². The molecular formula is C24H31N3OS. The number of hydrogen-bond donors (Lipinski definition) is 1. The number of benzene rings is 1. The van der Waals surface area contributed by atoms with Crippen molar-refractivity contribution in [1.29, 1.82) is 0 Å². The van der Waals surface area contributed by atoms with Gasteiger partial charge in [-0.25, -0.2) is 4.98 Å². The topological polar surface area (TPSA) is 68.9 Å². The van der Waals surface area contributed by atoms with E-state index in [4.69, 9.17) is 10.7 Å². The molecule has 2 N–H and O–H groups in total. The summed E-state index contributed by atoms with van der Waals surface area (Å²) in [5, 5.41) is 1.25. The Bertz CT molecular complexity index is 892. The highest BCUT2D eigenvalue weighted by atomic mass is 32.1.